The second-order valence-electron chi connectivity index (χ2n) is 0. The van der Waals surface area contributed by atoms with Crippen LogP contribution in [0.1, 0.15) is 0 Å². The van der Waals surface area contributed by atoms with Gasteiger partial charge in [0.05, 0.1) is 0 Å². The third-order valence-electron chi connectivity index (χ3n) is 0. The predicted molar refractivity (Wildman–Crippen MR) is 26.6 cm³/mol. The van der Waals surface area contributed by atoms with Gasteiger partial charge in [-0.2, -0.15) is 0 Å². The van der Waals surface area contributed by atoms with Gasteiger partial charge in [-0.25, -0.2) is 0 Å². The SMILES string of the molecule is N.O.SS. The average Bonchev–Trinajstić information content (AvgIpc) is 1.00. The Balaban J connectivity index is -0.00000000500. The highest BCUT2D eigenvalue weighted by molar-refractivity contribution is 8.59. The predicted octanol–water partition coefficient (Wildman–Crippen LogP) is 0.0983. The van der Waals surface area contributed by atoms with Crippen molar-refractivity contribution in [3.8, 4) is 0 Å². The van der Waals surface area contributed by atoms with Crippen molar-refractivity contribution >= 4 is 23.3 Å². The first kappa shape index (κ1) is 23.1. The molecule has 30 valence electrons. The summed E-state index contributed by atoms with van der Waals surface area (Å²) in [4.78, 5) is 0. The smallest absolute Gasteiger partial charge is 0.115 e. The zero-order valence-corrected chi connectivity index (χ0v) is 3.89. The van der Waals surface area contributed by atoms with Crippen molar-refractivity contribution in [2.24, 2.45) is 0 Å². The second kappa shape index (κ2) is 64.6. The van der Waals surface area contributed by atoms with E-state index in [2.05, 4.69) is 23.3 Å². The Bertz CT molecular complexity index is 6.00. The van der Waals surface area contributed by atoms with E-state index in [0.29, 0.717) is 0 Å². The summed E-state index contributed by atoms with van der Waals surface area (Å²) in [6.07, 6.45) is 0. The number of hydrogen-bond acceptors (Lipinski definition) is 3. The summed E-state index contributed by atoms with van der Waals surface area (Å²) in [5.74, 6) is 0. The molecule has 0 heterocycles. The first-order valence-electron chi connectivity index (χ1n) is 0.200. The fraction of sp³-hybridized carbons (Fsp3) is 0. The van der Waals surface area contributed by atoms with Gasteiger partial charge in [0.2, 0.25) is 0 Å². The molecule has 0 aromatic rings. The van der Waals surface area contributed by atoms with Crippen molar-refractivity contribution in [2.45, 2.75) is 0 Å². The lowest BCUT2D eigenvalue weighted by Crippen LogP contribution is -0.481. The zero-order valence-electron chi connectivity index (χ0n) is 2.10. The highest BCUT2D eigenvalue weighted by Gasteiger charge is 0.885. The fourth-order valence-corrected chi connectivity index (χ4v) is 0. The van der Waals surface area contributed by atoms with Gasteiger partial charge in [-0.05, 0) is 0 Å². The maximum Gasteiger partial charge on any atom is -0.115 e. The molecule has 4 heteroatoms. The Morgan fingerprint density at radius 1 is 1.00 bits per heavy atom. The summed E-state index contributed by atoms with van der Waals surface area (Å²) >= 11 is 6.44. The third-order valence-corrected chi connectivity index (χ3v) is 0. The molecule has 0 spiro atoms. The van der Waals surface area contributed by atoms with Crippen LogP contribution in [0.2, 0.25) is 0 Å². The Kier molecular flexibility index (Phi) is 373. The number of thiol groups is 2. The van der Waals surface area contributed by atoms with Gasteiger partial charge in [-0.15, -0.1) is 23.3 Å². The van der Waals surface area contributed by atoms with Gasteiger partial charge in [0.15, 0.2) is 0 Å². The molecule has 0 aliphatic carbocycles. The lowest BCUT2D eigenvalue weighted by Gasteiger charge is -1.11. The van der Waals surface area contributed by atoms with Crippen LogP contribution in [0.25, 0.3) is 0 Å². The Hall–Kier alpha value is 0.620. The molecule has 0 saturated heterocycles. The van der Waals surface area contributed by atoms with Crippen molar-refractivity contribution < 1.29 is 5.48 Å². The van der Waals surface area contributed by atoms with E-state index in [1.54, 1.807) is 0 Å². The van der Waals surface area contributed by atoms with Crippen molar-refractivity contribution in [1.82, 2.24) is 6.15 Å². The summed E-state index contributed by atoms with van der Waals surface area (Å²) in [6, 6.07) is 0. The van der Waals surface area contributed by atoms with Gasteiger partial charge in [-0.1, -0.05) is 0 Å². The van der Waals surface area contributed by atoms with Crippen LogP contribution >= 0.6 is 23.3 Å². The third kappa shape index (κ3) is 17.9. The Morgan fingerprint density at radius 3 is 1.00 bits per heavy atom. The summed E-state index contributed by atoms with van der Waals surface area (Å²) in [5.41, 5.74) is 0. The van der Waals surface area contributed by atoms with Crippen LogP contribution < -0.4 is 6.15 Å². The standard InChI is InChI=1S/H3N.H2O.H2S2/c;;1-2/h1H3;1H2;1-2H. The van der Waals surface area contributed by atoms with E-state index in [4.69, 9.17) is 0 Å². The first-order valence-corrected chi connectivity index (χ1v) is 1.80. The van der Waals surface area contributed by atoms with Crippen LogP contribution in [0.3, 0.4) is 0 Å². The number of hydrogen-bond donors (Lipinski definition) is 3. The molecular formula is H7NOS2. The lowest BCUT2D eigenvalue weighted by molar-refractivity contribution is 0.824. The second-order valence-corrected chi connectivity index (χ2v) is 0. The summed E-state index contributed by atoms with van der Waals surface area (Å²) in [6.45, 7) is 0. The molecular weight excluding hydrogens is 94.1 g/mol. The molecule has 0 atom stereocenters. The van der Waals surface area contributed by atoms with E-state index in [1.807, 2.05) is 0 Å². The Morgan fingerprint density at radius 2 is 1.00 bits per heavy atom. The monoisotopic (exact) mass is 101 g/mol. The largest absolute Gasteiger partial charge is 0.412 e. The molecule has 0 aliphatic rings. The van der Waals surface area contributed by atoms with E-state index in [0.717, 1.165) is 0 Å². The molecule has 0 fully saturated rings. The molecule has 0 saturated carbocycles. The minimum atomic E-state index is 0. The molecule has 0 aromatic carbocycles. The molecule has 2 nitrogen and oxygen atoms in total. The molecule has 0 bridgehead atoms. The average molecular weight is 101 g/mol. The molecule has 0 radical (unpaired) electrons. The molecule has 0 unspecified atom stereocenters. The van der Waals surface area contributed by atoms with Gasteiger partial charge in [0, 0.05) is 0 Å². The molecule has 0 aliphatic heterocycles. The minimum Gasteiger partial charge on any atom is -0.412 e. The summed E-state index contributed by atoms with van der Waals surface area (Å²) < 4.78 is 0. The van der Waals surface area contributed by atoms with E-state index in [1.165, 1.54) is 0 Å². The normalized spacial score (nSPS) is 1.50. The molecule has 0 rings (SSSR count). The topological polar surface area (TPSA) is 66.5 Å². The summed E-state index contributed by atoms with van der Waals surface area (Å²) in [5, 5.41) is 0. The van der Waals surface area contributed by atoms with Gasteiger partial charge in [0.1, 0.15) is 0 Å². The minimum absolute atomic E-state index is 0. The van der Waals surface area contributed by atoms with Crippen LogP contribution in [0.4, 0.5) is 0 Å². The zero-order chi connectivity index (χ0) is 2.00. The van der Waals surface area contributed by atoms with Crippen LogP contribution in [0, 0.1) is 0 Å². The molecule has 4 heavy (non-hydrogen) atoms. The Labute approximate surface area is 35.7 Å². The van der Waals surface area contributed by atoms with E-state index in [-0.39, 0.29) is 11.6 Å². The van der Waals surface area contributed by atoms with Gasteiger partial charge in [-0.3, -0.25) is 0 Å². The van der Waals surface area contributed by atoms with Crippen molar-refractivity contribution in [3.05, 3.63) is 0 Å². The van der Waals surface area contributed by atoms with Crippen molar-refractivity contribution in [1.29, 1.82) is 0 Å². The molecule has 0 aromatic heterocycles. The first-order chi connectivity index (χ1) is 1.00. The highest BCUT2D eigenvalue weighted by atomic mass is 33.1. The van der Waals surface area contributed by atoms with Gasteiger partial charge < -0.3 is 11.6 Å². The maximum absolute atomic E-state index is 3.22. The number of rotatable bonds is 0. The van der Waals surface area contributed by atoms with Crippen molar-refractivity contribution in [3.63, 3.8) is 0 Å². The quantitative estimate of drug-likeness (QED) is 0.294. The van der Waals surface area contributed by atoms with Gasteiger partial charge >= 0.3 is 0 Å². The molecule has 0 amide bonds. The van der Waals surface area contributed by atoms with Crippen LogP contribution in [0.15, 0.2) is 0 Å². The van der Waals surface area contributed by atoms with Crippen LogP contribution in [-0.4, -0.2) is 5.48 Å². The van der Waals surface area contributed by atoms with Crippen LogP contribution in [0.5, 0.6) is 0 Å². The maximum atomic E-state index is 3.22. The van der Waals surface area contributed by atoms with E-state index in [9.17, 15) is 0 Å². The van der Waals surface area contributed by atoms with Crippen LogP contribution in [-0.2, 0) is 0 Å². The lowest BCUT2D eigenvalue weighted by atomic mass is 14.0. The van der Waals surface area contributed by atoms with Gasteiger partial charge in [0.25, 0.3) is 0 Å². The summed E-state index contributed by atoms with van der Waals surface area (Å²) in [7, 11) is 0. The van der Waals surface area contributed by atoms with E-state index >= 15 is 0 Å². The molecule has 5 N–H and O–H groups in total. The van der Waals surface area contributed by atoms with E-state index < -0.39 is 0 Å². The fourth-order valence-electron chi connectivity index (χ4n) is 0. The van der Waals surface area contributed by atoms with Crippen molar-refractivity contribution in [2.75, 3.05) is 0 Å². The highest BCUT2D eigenvalue weighted by Crippen LogP contribution is 1.65.